The highest BCUT2D eigenvalue weighted by molar-refractivity contribution is 7.90. The summed E-state index contributed by atoms with van der Waals surface area (Å²) in [6.45, 7) is 2.35. The Balaban J connectivity index is 2.47. The number of anilines is 1. The summed E-state index contributed by atoms with van der Waals surface area (Å²) in [7, 11) is -3.67. The molecule has 0 fully saturated rings. The van der Waals surface area contributed by atoms with Gasteiger partial charge in [0.25, 0.3) is 10.2 Å². The molecular weight excluding hydrogens is 238 g/mol. The summed E-state index contributed by atoms with van der Waals surface area (Å²) < 4.78 is 24.2. The molecule has 1 heterocycles. The van der Waals surface area contributed by atoms with Crippen molar-refractivity contribution in [3.8, 4) is 0 Å². The molecule has 17 heavy (non-hydrogen) atoms. The van der Waals surface area contributed by atoms with Gasteiger partial charge in [0.05, 0.1) is 5.69 Å². The second-order valence-corrected chi connectivity index (χ2v) is 5.87. The van der Waals surface area contributed by atoms with Crippen molar-refractivity contribution in [2.45, 2.75) is 25.8 Å². The van der Waals surface area contributed by atoms with Crippen molar-refractivity contribution in [1.82, 2.24) is 0 Å². The van der Waals surface area contributed by atoms with E-state index >= 15 is 0 Å². The lowest BCUT2D eigenvalue weighted by atomic mass is 9.98. The van der Waals surface area contributed by atoms with Crippen molar-refractivity contribution in [1.29, 1.82) is 0 Å². The lowest BCUT2D eigenvalue weighted by Crippen LogP contribution is -2.40. The first-order valence-electron chi connectivity index (χ1n) is 5.58. The number of nitrogens with two attached hydrogens (primary N) is 2. The molecule has 0 radical (unpaired) electrons. The number of aryl methyl sites for hydroxylation is 1. The summed E-state index contributed by atoms with van der Waals surface area (Å²) in [4.78, 5) is 0. The van der Waals surface area contributed by atoms with Gasteiger partial charge in [0.2, 0.25) is 0 Å². The number of nitrogens with zero attached hydrogens (tertiary/aromatic N) is 1. The minimum absolute atomic E-state index is 0.0508. The molecular formula is C11H17N3O2S. The Kier molecular flexibility index (Phi) is 3.11. The van der Waals surface area contributed by atoms with Crippen molar-refractivity contribution in [3.05, 3.63) is 29.3 Å². The molecule has 1 aliphatic rings. The first-order chi connectivity index (χ1) is 7.89. The molecule has 94 valence electrons. The van der Waals surface area contributed by atoms with Gasteiger partial charge < -0.3 is 5.73 Å². The summed E-state index contributed by atoms with van der Waals surface area (Å²) in [6.07, 6.45) is 1.65. The minimum Gasteiger partial charge on any atom is -0.324 e. The van der Waals surface area contributed by atoms with Crippen molar-refractivity contribution in [3.63, 3.8) is 0 Å². The van der Waals surface area contributed by atoms with Crippen LogP contribution in [0.15, 0.2) is 18.2 Å². The Morgan fingerprint density at radius 2 is 2.12 bits per heavy atom. The molecule has 0 aromatic heterocycles. The van der Waals surface area contributed by atoms with Gasteiger partial charge >= 0.3 is 0 Å². The molecule has 1 aromatic rings. The van der Waals surface area contributed by atoms with E-state index in [9.17, 15) is 8.42 Å². The average molecular weight is 255 g/mol. The maximum atomic E-state index is 11.4. The smallest absolute Gasteiger partial charge is 0.299 e. The van der Waals surface area contributed by atoms with Crippen LogP contribution in [0.4, 0.5) is 5.69 Å². The Labute approximate surface area is 102 Å². The van der Waals surface area contributed by atoms with Gasteiger partial charge in [-0.3, -0.25) is 4.31 Å². The molecule has 0 aliphatic carbocycles. The van der Waals surface area contributed by atoms with E-state index in [0.29, 0.717) is 12.2 Å². The third-order valence-electron chi connectivity index (χ3n) is 3.01. The van der Waals surface area contributed by atoms with E-state index in [2.05, 4.69) is 0 Å². The summed E-state index contributed by atoms with van der Waals surface area (Å²) in [5.41, 5.74) is 8.51. The van der Waals surface area contributed by atoms with Crippen LogP contribution in [0.1, 0.15) is 30.5 Å². The Morgan fingerprint density at radius 1 is 1.41 bits per heavy atom. The van der Waals surface area contributed by atoms with Crippen LogP contribution in [-0.4, -0.2) is 15.0 Å². The first-order valence-corrected chi connectivity index (χ1v) is 7.09. The van der Waals surface area contributed by atoms with Crippen LogP contribution in [-0.2, 0) is 16.6 Å². The van der Waals surface area contributed by atoms with Crippen molar-refractivity contribution < 1.29 is 8.42 Å². The van der Waals surface area contributed by atoms with Crippen molar-refractivity contribution in [2.75, 3.05) is 10.8 Å². The van der Waals surface area contributed by atoms with E-state index in [1.807, 2.05) is 19.1 Å². The van der Waals surface area contributed by atoms with E-state index in [0.717, 1.165) is 24.0 Å². The van der Waals surface area contributed by atoms with Gasteiger partial charge in [0, 0.05) is 12.6 Å². The Hall–Kier alpha value is -1.11. The molecule has 4 N–H and O–H groups in total. The van der Waals surface area contributed by atoms with E-state index < -0.39 is 10.2 Å². The fourth-order valence-electron chi connectivity index (χ4n) is 2.13. The zero-order valence-electron chi connectivity index (χ0n) is 9.76. The largest absolute Gasteiger partial charge is 0.324 e. The summed E-state index contributed by atoms with van der Waals surface area (Å²) in [6, 6.07) is 5.56. The van der Waals surface area contributed by atoms with E-state index in [1.54, 1.807) is 6.07 Å². The summed E-state index contributed by atoms with van der Waals surface area (Å²) >= 11 is 0. The number of rotatable bonds is 2. The standard InChI is InChI=1S/C11H17N3O2S/c1-8(12)9-4-5-11-10(7-9)3-2-6-14(11)17(13,15)16/h4-5,7-8H,2-3,6,12H2,1H3,(H2,13,15,16). The second-order valence-electron chi connectivity index (χ2n) is 4.40. The van der Waals surface area contributed by atoms with Crippen molar-refractivity contribution in [2.24, 2.45) is 10.9 Å². The fraction of sp³-hybridized carbons (Fsp3) is 0.455. The zero-order chi connectivity index (χ0) is 12.6. The van der Waals surface area contributed by atoms with Gasteiger partial charge in [0.15, 0.2) is 0 Å². The maximum absolute atomic E-state index is 11.4. The quantitative estimate of drug-likeness (QED) is 0.813. The first kappa shape index (κ1) is 12.3. The average Bonchev–Trinajstić information content (AvgIpc) is 2.26. The monoisotopic (exact) mass is 255 g/mol. The minimum atomic E-state index is -3.67. The summed E-state index contributed by atoms with van der Waals surface area (Å²) in [5.74, 6) is 0. The predicted octanol–water partition coefficient (Wildman–Crippen LogP) is 0.662. The molecule has 1 aromatic carbocycles. The maximum Gasteiger partial charge on any atom is 0.299 e. The number of fused-ring (bicyclic) bond motifs is 1. The van der Waals surface area contributed by atoms with E-state index in [4.69, 9.17) is 10.9 Å². The van der Waals surface area contributed by atoms with E-state index in [-0.39, 0.29) is 6.04 Å². The Morgan fingerprint density at radius 3 is 2.71 bits per heavy atom. The van der Waals surface area contributed by atoms with Crippen LogP contribution < -0.4 is 15.2 Å². The second kappa shape index (κ2) is 4.29. The third kappa shape index (κ3) is 2.43. The van der Waals surface area contributed by atoms with Crippen LogP contribution >= 0.6 is 0 Å². The number of hydrogen-bond donors (Lipinski definition) is 2. The molecule has 1 unspecified atom stereocenters. The summed E-state index contributed by atoms with van der Waals surface area (Å²) in [5, 5.41) is 5.20. The number of hydrogen-bond acceptors (Lipinski definition) is 3. The Bertz CT molecular complexity index is 526. The molecule has 0 amide bonds. The third-order valence-corrected chi connectivity index (χ3v) is 4.01. The predicted molar refractivity (Wildman–Crippen MR) is 67.8 cm³/mol. The molecule has 5 nitrogen and oxygen atoms in total. The molecule has 1 atom stereocenters. The molecule has 2 rings (SSSR count). The van der Waals surface area contributed by atoms with Crippen LogP contribution in [0.3, 0.4) is 0 Å². The normalized spacial score (nSPS) is 17.7. The van der Waals surface area contributed by atoms with Gasteiger partial charge in [-0.05, 0) is 37.0 Å². The lowest BCUT2D eigenvalue weighted by Gasteiger charge is -2.29. The highest BCUT2D eigenvalue weighted by atomic mass is 32.2. The van der Waals surface area contributed by atoms with Gasteiger partial charge in [-0.15, -0.1) is 0 Å². The molecule has 1 aliphatic heterocycles. The highest BCUT2D eigenvalue weighted by Gasteiger charge is 2.24. The molecule has 0 spiro atoms. The van der Waals surface area contributed by atoms with Gasteiger partial charge in [-0.2, -0.15) is 8.42 Å². The molecule has 0 saturated heterocycles. The van der Waals surface area contributed by atoms with Crippen LogP contribution in [0.5, 0.6) is 0 Å². The van der Waals surface area contributed by atoms with Crippen molar-refractivity contribution >= 4 is 15.9 Å². The molecule has 0 saturated carbocycles. The van der Waals surface area contributed by atoms with Gasteiger partial charge in [-0.1, -0.05) is 12.1 Å². The topological polar surface area (TPSA) is 89.4 Å². The van der Waals surface area contributed by atoms with Crippen LogP contribution in [0.2, 0.25) is 0 Å². The SMILES string of the molecule is CC(N)c1ccc2c(c1)CCCN2S(N)(=O)=O. The van der Waals surface area contributed by atoms with Gasteiger partial charge in [0.1, 0.15) is 0 Å². The van der Waals surface area contributed by atoms with Crippen LogP contribution in [0, 0.1) is 0 Å². The van der Waals surface area contributed by atoms with Gasteiger partial charge in [-0.25, -0.2) is 5.14 Å². The zero-order valence-corrected chi connectivity index (χ0v) is 10.6. The fourth-order valence-corrected chi connectivity index (χ4v) is 2.97. The van der Waals surface area contributed by atoms with E-state index in [1.165, 1.54) is 4.31 Å². The molecule has 0 bridgehead atoms. The highest BCUT2D eigenvalue weighted by Crippen LogP contribution is 2.30. The molecule has 6 heteroatoms. The van der Waals surface area contributed by atoms with Crippen LogP contribution in [0.25, 0.3) is 0 Å². The number of benzene rings is 1. The lowest BCUT2D eigenvalue weighted by molar-refractivity contribution is 0.588.